The second kappa shape index (κ2) is 3.78. The molecule has 0 saturated heterocycles. The van der Waals surface area contributed by atoms with E-state index in [9.17, 15) is 4.79 Å². The zero-order valence-electron chi connectivity index (χ0n) is 5.74. The minimum Gasteiger partial charge on any atom is -0.480 e. The molecule has 0 aliphatic heterocycles. The number of carboxylic acids is 1. The van der Waals surface area contributed by atoms with Crippen LogP contribution in [0.3, 0.4) is 0 Å². The Morgan fingerprint density at radius 1 is 1.70 bits per heavy atom. The van der Waals surface area contributed by atoms with Crippen LogP contribution in [0.25, 0.3) is 0 Å². The van der Waals surface area contributed by atoms with E-state index in [-0.39, 0.29) is 0 Å². The third-order valence-electron chi connectivity index (χ3n) is 0.909. The molecule has 1 atom stereocenters. The molecule has 0 rings (SSSR count). The van der Waals surface area contributed by atoms with Crippen LogP contribution in [0, 0.1) is 0 Å². The molecule has 1 N–H and O–H groups in total. The van der Waals surface area contributed by atoms with Crippen molar-refractivity contribution in [1.82, 2.24) is 4.90 Å². The number of hydrogen-bond donors (Lipinski definition) is 2. The van der Waals surface area contributed by atoms with Gasteiger partial charge in [0.25, 0.3) is 0 Å². The maximum absolute atomic E-state index is 10.3. The lowest BCUT2D eigenvalue weighted by molar-refractivity contribution is -0.135. The van der Waals surface area contributed by atoms with Crippen molar-refractivity contribution in [3.05, 3.63) is 0 Å². The van der Waals surface area contributed by atoms with E-state index in [4.69, 9.17) is 17.3 Å². The molecule has 0 aliphatic carbocycles. The molecule has 0 unspecified atom stereocenters. The Hall–Kier alpha value is -0.290. The first-order chi connectivity index (χ1) is 4.46. The van der Waals surface area contributed by atoms with Gasteiger partial charge in [-0.3, -0.25) is 4.79 Å². The molecular weight excluding hydrogens is 170 g/mol. The lowest BCUT2D eigenvalue weighted by Crippen LogP contribution is -2.33. The van der Waals surface area contributed by atoms with Gasteiger partial charge in [0.15, 0.2) is 0 Å². The van der Waals surface area contributed by atoms with Crippen molar-refractivity contribution < 1.29 is 9.90 Å². The molecule has 0 fully saturated rings. The average Bonchev–Trinajstić information content (AvgIpc) is 1.84. The number of carboxylic acid groups (broad SMARTS) is 1. The second-order valence-corrected chi connectivity index (χ2v) is 2.91. The van der Waals surface area contributed by atoms with Gasteiger partial charge in [-0.15, -0.1) is 0 Å². The molecule has 0 amide bonds. The number of nitrogens with zero attached hydrogens (tertiary/aromatic N) is 1. The van der Waals surface area contributed by atoms with Gasteiger partial charge in [-0.1, -0.05) is 12.2 Å². The Bertz CT molecular complexity index is 158. The standard InChI is InChI=1S/C5H9NO2S2/c1-6(2)4(10)3(9)5(7)8/h3,9H,1-2H3,(H,7,8)/t3-/m1/s1. The summed E-state index contributed by atoms with van der Waals surface area (Å²) in [5.41, 5.74) is 0. The molecule has 0 spiro atoms. The van der Waals surface area contributed by atoms with Crippen molar-refractivity contribution in [2.75, 3.05) is 14.1 Å². The second-order valence-electron chi connectivity index (χ2n) is 1.97. The summed E-state index contributed by atoms with van der Waals surface area (Å²) in [6.07, 6.45) is 0. The largest absolute Gasteiger partial charge is 0.480 e. The Morgan fingerprint density at radius 3 is 2.20 bits per heavy atom. The van der Waals surface area contributed by atoms with Crippen molar-refractivity contribution in [2.45, 2.75) is 5.25 Å². The number of thiocarbonyl (C=S) groups is 1. The first-order valence-corrected chi connectivity index (χ1v) is 3.51. The Kier molecular flexibility index (Phi) is 3.67. The Labute approximate surface area is 70.4 Å². The summed E-state index contributed by atoms with van der Waals surface area (Å²) < 4.78 is 0. The van der Waals surface area contributed by atoms with E-state index >= 15 is 0 Å². The summed E-state index contributed by atoms with van der Waals surface area (Å²) in [4.78, 5) is 12.1. The normalized spacial score (nSPS) is 12.3. The monoisotopic (exact) mass is 179 g/mol. The van der Waals surface area contributed by atoms with Crippen LogP contribution in [-0.4, -0.2) is 40.3 Å². The van der Waals surface area contributed by atoms with Gasteiger partial charge < -0.3 is 10.0 Å². The lowest BCUT2D eigenvalue weighted by atomic mass is 10.4. The van der Waals surface area contributed by atoms with Gasteiger partial charge in [-0.25, -0.2) is 0 Å². The number of aliphatic carboxylic acids is 1. The third kappa shape index (κ3) is 2.53. The third-order valence-corrected chi connectivity index (χ3v) is 2.15. The molecule has 0 aromatic rings. The van der Waals surface area contributed by atoms with E-state index < -0.39 is 11.2 Å². The zero-order valence-corrected chi connectivity index (χ0v) is 7.45. The van der Waals surface area contributed by atoms with Crippen LogP contribution in [0.4, 0.5) is 0 Å². The summed E-state index contributed by atoms with van der Waals surface area (Å²) in [6, 6.07) is 0. The highest BCUT2D eigenvalue weighted by Crippen LogP contribution is 2.00. The summed E-state index contributed by atoms with van der Waals surface area (Å²) in [5, 5.41) is 7.54. The maximum Gasteiger partial charge on any atom is 0.323 e. The minimum absolute atomic E-state index is 0.316. The summed E-state index contributed by atoms with van der Waals surface area (Å²) in [5.74, 6) is -1.01. The number of carbonyl (C=O) groups is 1. The van der Waals surface area contributed by atoms with Gasteiger partial charge >= 0.3 is 5.97 Å². The smallest absolute Gasteiger partial charge is 0.323 e. The summed E-state index contributed by atoms with van der Waals surface area (Å²) >= 11 is 8.52. The van der Waals surface area contributed by atoms with Crippen LogP contribution < -0.4 is 0 Å². The fourth-order valence-electron chi connectivity index (χ4n) is 0.350. The van der Waals surface area contributed by atoms with Gasteiger partial charge in [0.2, 0.25) is 0 Å². The average molecular weight is 179 g/mol. The number of thiol groups is 1. The van der Waals surface area contributed by atoms with Crippen molar-refractivity contribution in [3.8, 4) is 0 Å². The van der Waals surface area contributed by atoms with Crippen LogP contribution in [0.1, 0.15) is 0 Å². The van der Waals surface area contributed by atoms with E-state index in [1.54, 1.807) is 19.0 Å². The fraction of sp³-hybridized carbons (Fsp3) is 0.600. The first kappa shape index (κ1) is 9.71. The van der Waals surface area contributed by atoms with Crippen molar-refractivity contribution in [3.63, 3.8) is 0 Å². The summed E-state index contributed by atoms with van der Waals surface area (Å²) in [6.45, 7) is 0. The molecule has 10 heavy (non-hydrogen) atoms. The van der Waals surface area contributed by atoms with Crippen molar-refractivity contribution >= 4 is 35.8 Å². The molecule has 0 heterocycles. The van der Waals surface area contributed by atoms with Crippen LogP contribution in [0.15, 0.2) is 0 Å². The van der Waals surface area contributed by atoms with E-state index in [1.807, 2.05) is 0 Å². The Morgan fingerprint density at radius 2 is 2.10 bits per heavy atom. The molecule has 58 valence electrons. The minimum atomic E-state index is -1.01. The zero-order chi connectivity index (χ0) is 8.31. The van der Waals surface area contributed by atoms with Gasteiger partial charge in [0.1, 0.15) is 10.2 Å². The SMILES string of the molecule is CN(C)C(=S)[C@@H](S)C(=O)O. The van der Waals surface area contributed by atoms with Gasteiger partial charge in [0, 0.05) is 14.1 Å². The highest BCUT2D eigenvalue weighted by Gasteiger charge is 2.18. The predicted molar refractivity (Wildman–Crippen MR) is 46.7 cm³/mol. The fourth-order valence-corrected chi connectivity index (χ4v) is 0.682. The Balaban J connectivity index is 4.08. The van der Waals surface area contributed by atoms with Crippen LogP contribution >= 0.6 is 24.8 Å². The molecule has 0 saturated carbocycles. The molecule has 0 radical (unpaired) electrons. The maximum atomic E-state index is 10.3. The van der Waals surface area contributed by atoms with Crippen molar-refractivity contribution in [2.24, 2.45) is 0 Å². The molecule has 3 nitrogen and oxygen atoms in total. The van der Waals surface area contributed by atoms with Gasteiger partial charge in [0.05, 0.1) is 0 Å². The highest BCUT2D eigenvalue weighted by molar-refractivity contribution is 7.87. The molecular formula is C5H9NO2S2. The molecule has 5 heteroatoms. The predicted octanol–water partition coefficient (Wildman–Crippen LogP) is 0.258. The van der Waals surface area contributed by atoms with Crippen molar-refractivity contribution in [1.29, 1.82) is 0 Å². The van der Waals surface area contributed by atoms with E-state index in [1.165, 1.54) is 0 Å². The molecule has 0 aromatic heterocycles. The van der Waals surface area contributed by atoms with E-state index in [0.29, 0.717) is 4.99 Å². The first-order valence-electron chi connectivity index (χ1n) is 2.59. The summed E-state index contributed by atoms with van der Waals surface area (Å²) in [7, 11) is 3.38. The molecule has 0 aromatic carbocycles. The topological polar surface area (TPSA) is 40.5 Å². The highest BCUT2D eigenvalue weighted by atomic mass is 32.1. The molecule has 0 aliphatic rings. The van der Waals surface area contributed by atoms with Gasteiger partial charge in [-0.2, -0.15) is 12.6 Å². The van der Waals surface area contributed by atoms with E-state index in [2.05, 4.69) is 12.6 Å². The van der Waals surface area contributed by atoms with Crippen LogP contribution in [0.5, 0.6) is 0 Å². The lowest BCUT2D eigenvalue weighted by Gasteiger charge is -2.15. The number of rotatable bonds is 2. The van der Waals surface area contributed by atoms with E-state index in [0.717, 1.165) is 0 Å². The van der Waals surface area contributed by atoms with Crippen LogP contribution in [0.2, 0.25) is 0 Å². The van der Waals surface area contributed by atoms with Gasteiger partial charge in [-0.05, 0) is 0 Å². The quantitative estimate of drug-likeness (QED) is 0.471. The van der Waals surface area contributed by atoms with Crippen LogP contribution in [-0.2, 0) is 4.79 Å². The number of hydrogen-bond acceptors (Lipinski definition) is 3. The molecule has 0 bridgehead atoms.